The molecular weight excluding hydrogens is 274 g/mol. The molecule has 0 aliphatic carbocycles. The van der Waals surface area contributed by atoms with Crippen LogP contribution in [-0.4, -0.2) is 6.41 Å². The number of rotatable bonds is 8. The van der Waals surface area contributed by atoms with E-state index in [1.165, 1.54) is 0 Å². The van der Waals surface area contributed by atoms with Crippen molar-refractivity contribution in [2.24, 2.45) is 0 Å². The Kier molecular flexibility index (Phi) is 6.14. The van der Waals surface area contributed by atoms with Crippen LogP contribution in [-0.2, 0) is 11.3 Å². The summed E-state index contributed by atoms with van der Waals surface area (Å²) in [7, 11) is 0. The molecule has 0 saturated carbocycles. The lowest BCUT2D eigenvalue weighted by Crippen LogP contribution is -2.17. The molecule has 0 aliphatic heterocycles. The van der Waals surface area contributed by atoms with Crippen molar-refractivity contribution >= 4 is 19.1 Å². The van der Waals surface area contributed by atoms with Gasteiger partial charge in [0.05, 0.1) is 6.54 Å². The molecule has 3 heteroatoms. The average Bonchev–Trinajstić information content (AvgIpc) is 2.82. The first-order chi connectivity index (χ1) is 10.3. The number of allylic oxidation sites excluding steroid dienone is 6. The third-order valence-corrected chi connectivity index (χ3v) is 3.03. The van der Waals surface area contributed by atoms with Crippen LogP contribution in [0.15, 0.2) is 71.2 Å². The van der Waals surface area contributed by atoms with E-state index < -0.39 is 0 Å². The minimum atomic E-state index is 0.325. The SMILES string of the molecule is C=C(C)C(=C)/C=C\C(=C)C(=C)/C=c1/cc(CNC=O)oc1=C. The summed E-state index contributed by atoms with van der Waals surface area (Å²) in [5.74, 6) is 0.632. The number of nitrogens with one attached hydrogen (secondary N) is 1. The summed E-state index contributed by atoms with van der Waals surface area (Å²) in [6.07, 6.45) is 6.15. The van der Waals surface area contributed by atoms with Gasteiger partial charge in [-0.1, -0.05) is 50.6 Å². The van der Waals surface area contributed by atoms with Crippen molar-refractivity contribution in [3.05, 3.63) is 83.2 Å². The highest BCUT2D eigenvalue weighted by atomic mass is 16.3. The number of amides is 1. The normalized spacial score (nSPS) is 11.4. The molecule has 0 aliphatic rings. The van der Waals surface area contributed by atoms with Gasteiger partial charge in [-0.3, -0.25) is 4.79 Å². The second-order valence-corrected chi connectivity index (χ2v) is 4.92. The van der Waals surface area contributed by atoms with Crippen LogP contribution in [0.3, 0.4) is 0 Å². The summed E-state index contributed by atoms with van der Waals surface area (Å²) in [4.78, 5) is 10.3. The van der Waals surface area contributed by atoms with Crippen molar-refractivity contribution < 1.29 is 9.21 Å². The average molecular weight is 295 g/mol. The predicted molar refractivity (Wildman–Crippen MR) is 92.2 cm³/mol. The van der Waals surface area contributed by atoms with Crippen molar-refractivity contribution in [2.45, 2.75) is 13.5 Å². The molecule has 0 radical (unpaired) electrons. The fourth-order valence-electron chi connectivity index (χ4n) is 1.58. The monoisotopic (exact) mass is 295 g/mol. The molecule has 114 valence electrons. The number of carbonyl (C=O) groups excluding carboxylic acids is 1. The van der Waals surface area contributed by atoms with E-state index >= 15 is 0 Å². The second kappa shape index (κ2) is 7.84. The fraction of sp³-hybridized carbons (Fsp3) is 0.105. The first-order valence-electron chi connectivity index (χ1n) is 6.72. The quantitative estimate of drug-likeness (QED) is 0.591. The molecule has 1 N–H and O–H groups in total. The molecule has 0 saturated heterocycles. The summed E-state index contributed by atoms with van der Waals surface area (Å²) in [5.41, 5.74) is 3.77. The molecule has 3 nitrogen and oxygen atoms in total. The molecular formula is C19H21NO2. The first kappa shape index (κ1) is 17.2. The molecule has 1 aromatic heterocycles. The van der Waals surface area contributed by atoms with E-state index in [1.807, 2.05) is 31.2 Å². The van der Waals surface area contributed by atoms with E-state index in [2.05, 4.69) is 38.2 Å². The van der Waals surface area contributed by atoms with Gasteiger partial charge in [0, 0.05) is 5.22 Å². The Hall–Kier alpha value is -2.81. The minimum Gasteiger partial charge on any atom is -0.460 e. The summed E-state index contributed by atoms with van der Waals surface area (Å²) >= 11 is 0. The smallest absolute Gasteiger partial charge is 0.207 e. The van der Waals surface area contributed by atoms with Crippen LogP contribution in [0.25, 0.3) is 12.7 Å². The van der Waals surface area contributed by atoms with Crippen molar-refractivity contribution in [1.29, 1.82) is 0 Å². The Morgan fingerprint density at radius 1 is 1.18 bits per heavy atom. The molecule has 0 spiro atoms. The van der Waals surface area contributed by atoms with Crippen LogP contribution >= 0.6 is 0 Å². The second-order valence-electron chi connectivity index (χ2n) is 4.92. The maximum absolute atomic E-state index is 10.3. The predicted octanol–water partition coefficient (Wildman–Crippen LogP) is 2.52. The van der Waals surface area contributed by atoms with Crippen LogP contribution in [0.4, 0.5) is 0 Å². The molecule has 1 amide bonds. The minimum absolute atomic E-state index is 0.325. The third-order valence-electron chi connectivity index (χ3n) is 3.03. The molecule has 0 bridgehead atoms. The van der Waals surface area contributed by atoms with Crippen LogP contribution < -0.4 is 16.0 Å². The highest BCUT2D eigenvalue weighted by Gasteiger charge is 2.00. The topological polar surface area (TPSA) is 42.2 Å². The molecule has 22 heavy (non-hydrogen) atoms. The van der Waals surface area contributed by atoms with Gasteiger partial charge in [0.2, 0.25) is 6.41 Å². The van der Waals surface area contributed by atoms with Crippen LogP contribution in [0.2, 0.25) is 0 Å². The summed E-state index contributed by atoms with van der Waals surface area (Å²) in [6, 6.07) is 1.81. The number of carbonyl (C=O) groups is 1. The lowest BCUT2D eigenvalue weighted by molar-refractivity contribution is -0.109. The van der Waals surface area contributed by atoms with Crippen LogP contribution in [0, 0.1) is 0 Å². The van der Waals surface area contributed by atoms with Gasteiger partial charge in [0.25, 0.3) is 0 Å². The Morgan fingerprint density at radius 2 is 1.82 bits per heavy atom. The van der Waals surface area contributed by atoms with Gasteiger partial charge in [0.15, 0.2) is 0 Å². The van der Waals surface area contributed by atoms with Crippen molar-refractivity contribution in [3.63, 3.8) is 0 Å². The molecule has 0 unspecified atom stereocenters. The Labute approximate surface area is 131 Å². The van der Waals surface area contributed by atoms with Gasteiger partial charge in [-0.05, 0) is 35.8 Å². The summed E-state index contributed by atoms with van der Waals surface area (Å²) < 4.78 is 5.45. The maximum atomic E-state index is 10.3. The zero-order valence-electron chi connectivity index (χ0n) is 12.9. The van der Waals surface area contributed by atoms with Gasteiger partial charge in [-0.15, -0.1) is 0 Å². The maximum Gasteiger partial charge on any atom is 0.207 e. The van der Waals surface area contributed by atoms with Gasteiger partial charge in [-0.2, -0.15) is 0 Å². The van der Waals surface area contributed by atoms with E-state index in [9.17, 15) is 4.79 Å². The van der Waals surface area contributed by atoms with Crippen molar-refractivity contribution in [2.75, 3.05) is 0 Å². The van der Waals surface area contributed by atoms with Gasteiger partial charge >= 0.3 is 0 Å². The lowest BCUT2D eigenvalue weighted by Gasteiger charge is -2.00. The van der Waals surface area contributed by atoms with Crippen molar-refractivity contribution in [3.8, 4) is 0 Å². The zero-order valence-corrected chi connectivity index (χ0v) is 12.9. The van der Waals surface area contributed by atoms with E-state index in [1.54, 1.807) is 0 Å². The van der Waals surface area contributed by atoms with Crippen molar-refractivity contribution in [1.82, 2.24) is 5.32 Å². The number of furan rings is 1. The standard InChI is InChI=1S/C19H21NO2/c1-13(2)14(3)7-8-15(4)16(5)9-18-10-19(11-20-12-21)22-17(18)6/h7-10,12H,1,3-6,11H2,2H3,(H,20,21)/b8-7-,18-9-. The molecule has 1 rings (SSSR count). The summed E-state index contributed by atoms with van der Waals surface area (Å²) in [5, 5.41) is 3.35. The molecule has 1 heterocycles. The Morgan fingerprint density at radius 3 is 2.41 bits per heavy atom. The van der Waals surface area contributed by atoms with Gasteiger partial charge < -0.3 is 9.73 Å². The fourth-order valence-corrected chi connectivity index (χ4v) is 1.58. The Bertz CT molecular complexity index is 760. The van der Waals surface area contributed by atoms with E-state index in [4.69, 9.17) is 4.42 Å². The lowest BCUT2D eigenvalue weighted by atomic mass is 10.1. The number of hydrogen-bond donors (Lipinski definition) is 1. The zero-order chi connectivity index (χ0) is 16.7. The first-order valence-corrected chi connectivity index (χ1v) is 6.72. The van der Waals surface area contributed by atoms with Gasteiger partial charge in [0.1, 0.15) is 11.2 Å². The Balaban J connectivity index is 2.90. The molecule has 0 fully saturated rings. The van der Waals surface area contributed by atoms with Crippen LogP contribution in [0.5, 0.6) is 0 Å². The van der Waals surface area contributed by atoms with Crippen LogP contribution in [0.1, 0.15) is 12.7 Å². The molecule has 1 aromatic rings. The highest BCUT2D eigenvalue weighted by molar-refractivity contribution is 5.59. The largest absolute Gasteiger partial charge is 0.460 e. The van der Waals surface area contributed by atoms with Gasteiger partial charge in [-0.25, -0.2) is 0 Å². The summed E-state index contributed by atoms with van der Waals surface area (Å²) in [6.45, 7) is 21.7. The van der Waals surface area contributed by atoms with E-state index in [-0.39, 0.29) is 0 Å². The van der Waals surface area contributed by atoms with E-state index in [0.717, 1.165) is 27.5 Å². The molecule has 0 atom stereocenters. The van der Waals surface area contributed by atoms with E-state index in [0.29, 0.717) is 24.1 Å². The molecule has 0 aromatic carbocycles. The third kappa shape index (κ3) is 4.94. The number of hydrogen-bond acceptors (Lipinski definition) is 2. The highest BCUT2D eigenvalue weighted by Crippen LogP contribution is 2.12.